The first-order valence-corrected chi connectivity index (χ1v) is 10.7. The van der Waals surface area contributed by atoms with Crippen LogP contribution in [0.25, 0.3) is 0 Å². The van der Waals surface area contributed by atoms with E-state index < -0.39 is 10.0 Å². The van der Waals surface area contributed by atoms with E-state index in [0.717, 1.165) is 18.4 Å². The van der Waals surface area contributed by atoms with Gasteiger partial charge in [-0.15, -0.1) is 0 Å². The largest absolute Gasteiger partial charge is 0.396 e. The third-order valence-electron chi connectivity index (χ3n) is 5.29. The predicted molar refractivity (Wildman–Crippen MR) is 102 cm³/mol. The number of piperidine rings is 1. The van der Waals surface area contributed by atoms with Crippen LogP contribution in [-0.4, -0.2) is 60.9 Å². The average Bonchev–Trinajstić information content (AvgIpc) is 2.62. The Morgan fingerprint density at radius 2 is 1.96 bits per heavy atom. The van der Waals surface area contributed by atoms with E-state index in [1.165, 1.54) is 10.4 Å². The van der Waals surface area contributed by atoms with Gasteiger partial charge in [0, 0.05) is 37.8 Å². The predicted octanol–water partition coefficient (Wildman–Crippen LogP) is 2.26. The summed E-state index contributed by atoms with van der Waals surface area (Å²) < 4.78 is 26.9. The molecule has 0 unspecified atom stereocenters. The van der Waals surface area contributed by atoms with E-state index in [2.05, 4.69) is 0 Å². The molecule has 146 valence electrons. The molecule has 1 N–H and O–H groups in total. The van der Waals surface area contributed by atoms with Crippen molar-refractivity contribution in [2.75, 3.05) is 26.2 Å². The van der Waals surface area contributed by atoms with Crippen molar-refractivity contribution in [1.82, 2.24) is 9.21 Å². The van der Waals surface area contributed by atoms with Crippen LogP contribution in [0.2, 0.25) is 0 Å². The molecule has 1 aliphatic heterocycles. The van der Waals surface area contributed by atoms with E-state index in [1.807, 2.05) is 13.8 Å². The van der Waals surface area contributed by atoms with Crippen molar-refractivity contribution in [2.45, 2.75) is 51.5 Å². The molecule has 26 heavy (non-hydrogen) atoms. The van der Waals surface area contributed by atoms with Gasteiger partial charge < -0.3 is 10.0 Å². The van der Waals surface area contributed by atoms with Gasteiger partial charge in [0.25, 0.3) is 5.91 Å². The topological polar surface area (TPSA) is 77.9 Å². The molecule has 1 amide bonds. The maximum Gasteiger partial charge on any atom is 0.254 e. The van der Waals surface area contributed by atoms with Crippen LogP contribution in [0, 0.1) is 12.8 Å². The zero-order valence-electron chi connectivity index (χ0n) is 16.1. The Labute approximate surface area is 156 Å². The van der Waals surface area contributed by atoms with E-state index in [9.17, 15) is 18.3 Å². The minimum Gasteiger partial charge on any atom is -0.396 e. The highest BCUT2D eigenvalue weighted by Crippen LogP contribution is 2.26. The summed E-state index contributed by atoms with van der Waals surface area (Å²) in [6.07, 6.45) is 1.53. The normalized spacial score (nSPS) is 21.2. The molecule has 1 saturated heterocycles. The van der Waals surface area contributed by atoms with Crippen LogP contribution in [0.3, 0.4) is 0 Å². The lowest BCUT2D eigenvalue weighted by molar-refractivity contribution is 0.0514. The van der Waals surface area contributed by atoms with Crippen molar-refractivity contribution >= 4 is 15.9 Å². The molecule has 1 aliphatic rings. The number of aryl methyl sites for hydroxylation is 1. The minimum atomic E-state index is -3.60. The molecule has 2 atom stereocenters. The standard InChI is InChI=1S/C19H30N2O4S/c1-5-20(6-2)26(24,25)17-8-7-14(3)18(12-17)19(23)21-10-9-16(13-22)11-15(21)4/h7-8,12,15-16,22H,5-6,9-11,13H2,1-4H3/t15-,16-/m0/s1. The first-order chi connectivity index (χ1) is 12.3. The highest BCUT2D eigenvalue weighted by molar-refractivity contribution is 7.89. The lowest BCUT2D eigenvalue weighted by Crippen LogP contribution is -2.45. The lowest BCUT2D eigenvalue weighted by atomic mass is 9.91. The Bertz CT molecular complexity index is 744. The minimum absolute atomic E-state index is 0.0239. The summed E-state index contributed by atoms with van der Waals surface area (Å²) in [6, 6.07) is 4.81. The van der Waals surface area contributed by atoms with Gasteiger partial charge in [0.05, 0.1) is 4.90 Å². The number of carbonyl (C=O) groups is 1. The van der Waals surface area contributed by atoms with Crippen LogP contribution >= 0.6 is 0 Å². The number of hydrogen-bond acceptors (Lipinski definition) is 4. The van der Waals surface area contributed by atoms with Crippen molar-refractivity contribution in [3.63, 3.8) is 0 Å². The van der Waals surface area contributed by atoms with Gasteiger partial charge in [-0.05, 0) is 50.3 Å². The highest BCUT2D eigenvalue weighted by atomic mass is 32.2. The van der Waals surface area contributed by atoms with Crippen LogP contribution < -0.4 is 0 Å². The number of sulfonamides is 1. The van der Waals surface area contributed by atoms with Crippen molar-refractivity contribution < 1.29 is 18.3 Å². The number of benzene rings is 1. The van der Waals surface area contributed by atoms with Crippen LogP contribution in [-0.2, 0) is 10.0 Å². The van der Waals surface area contributed by atoms with Gasteiger partial charge in [0.1, 0.15) is 0 Å². The monoisotopic (exact) mass is 382 g/mol. The van der Waals surface area contributed by atoms with Crippen molar-refractivity contribution in [2.24, 2.45) is 5.92 Å². The maximum absolute atomic E-state index is 13.1. The first-order valence-electron chi connectivity index (χ1n) is 9.28. The van der Waals surface area contributed by atoms with E-state index in [-0.39, 0.29) is 29.4 Å². The third-order valence-corrected chi connectivity index (χ3v) is 7.33. The van der Waals surface area contributed by atoms with Gasteiger partial charge in [-0.25, -0.2) is 8.42 Å². The number of carbonyl (C=O) groups excluding carboxylic acids is 1. The fourth-order valence-electron chi connectivity index (χ4n) is 3.60. The molecule has 0 bridgehead atoms. The Balaban J connectivity index is 2.34. The van der Waals surface area contributed by atoms with E-state index >= 15 is 0 Å². The number of likely N-dealkylation sites (tertiary alicyclic amines) is 1. The molecule has 1 aromatic carbocycles. The fraction of sp³-hybridized carbons (Fsp3) is 0.632. The molecule has 1 aromatic rings. The molecule has 0 radical (unpaired) electrons. The summed E-state index contributed by atoms with van der Waals surface area (Å²) in [5.74, 6) is 0.0903. The van der Waals surface area contributed by atoms with Crippen LogP contribution in [0.15, 0.2) is 23.1 Å². The molecular formula is C19H30N2O4S. The Kier molecular flexibility index (Phi) is 6.82. The van der Waals surface area contributed by atoms with E-state index in [0.29, 0.717) is 25.2 Å². The van der Waals surface area contributed by atoms with Crippen molar-refractivity contribution in [3.05, 3.63) is 29.3 Å². The summed E-state index contributed by atoms with van der Waals surface area (Å²) in [5, 5.41) is 9.34. The number of amides is 1. The quantitative estimate of drug-likeness (QED) is 0.819. The van der Waals surface area contributed by atoms with Crippen LogP contribution in [0.1, 0.15) is 49.5 Å². The third kappa shape index (κ3) is 4.10. The Morgan fingerprint density at radius 3 is 2.50 bits per heavy atom. The van der Waals surface area contributed by atoms with Gasteiger partial charge in [0.15, 0.2) is 0 Å². The number of aliphatic hydroxyl groups is 1. The first kappa shape index (κ1) is 20.9. The van der Waals surface area contributed by atoms with E-state index in [4.69, 9.17) is 0 Å². The molecule has 7 heteroatoms. The van der Waals surface area contributed by atoms with Crippen molar-refractivity contribution in [1.29, 1.82) is 0 Å². The van der Waals surface area contributed by atoms with Gasteiger partial charge in [-0.2, -0.15) is 4.31 Å². The summed E-state index contributed by atoms with van der Waals surface area (Å²) in [5.41, 5.74) is 1.21. The Morgan fingerprint density at radius 1 is 1.31 bits per heavy atom. The molecule has 0 aliphatic carbocycles. The summed E-state index contributed by atoms with van der Waals surface area (Å²) in [7, 11) is -3.60. The second kappa shape index (κ2) is 8.50. The van der Waals surface area contributed by atoms with Gasteiger partial charge in [-0.3, -0.25) is 4.79 Å². The van der Waals surface area contributed by atoms with Gasteiger partial charge in [-0.1, -0.05) is 19.9 Å². The number of rotatable bonds is 6. The zero-order chi connectivity index (χ0) is 19.5. The number of hydrogen-bond donors (Lipinski definition) is 1. The number of aliphatic hydroxyl groups excluding tert-OH is 1. The summed E-state index contributed by atoms with van der Waals surface area (Å²) >= 11 is 0. The highest BCUT2D eigenvalue weighted by Gasteiger charge is 2.31. The average molecular weight is 383 g/mol. The second-order valence-electron chi connectivity index (χ2n) is 6.99. The van der Waals surface area contributed by atoms with Gasteiger partial charge in [0.2, 0.25) is 10.0 Å². The smallest absolute Gasteiger partial charge is 0.254 e. The molecule has 1 fully saturated rings. The van der Waals surface area contributed by atoms with Crippen LogP contribution in [0.5, 0.6) is 0 Å². The molecule has 0 spiro atoms. The van der Waals surface area contributed by atoms with Crippen LogP contribution in [0.4, 0.5) is 0 Å². The molecule has 2 rings (SSSR count). The second-order valence-corrected chi connectivity index (χ2v) is 8.92. The van der Waals surface area contributed by atoms with Gasteiger partial charge >= 0.3 is 0 Å². The lowest BCUT2D eigenvalue weighted by Gasteiger charge is -2.37. The molecule has 0 saturated carbocycles. The Hall–Kier alpha value is -1.44. The van der Waals surface area contributed by atoms with Crippen molar-refractivity contribution in [3.8, 4) is 0 Å². The maximum atomic E-state index is 13.1. The fourth-order valence-corrected chi connectivity index (χ4v) is 5.08. The zero-order valence-corrected chi connectivity index (χ0v) is 16.9. The SMILES string of the molecule is CCN(CC)S(=O)(=O)c1ccc(C)c(C(=O)N2CC[C@H](CO)C[C@@H]2C)c1. The molecule has 6 nitrogen and oxygen atoms in total. The molecular weight excluding hydrogens is 352 g/mol. The number of nitrogens with zero attached hydrogens (tertiary/aromatic N) is 2. The molecule has 1 heterocycles. The molecule has 0 aromatic heterocycles. The van der Waals surface area contributed by atoms with E-state index in [1.54, 1.807) is 30.9 Å². The summed E-state index contributed by atoms with van der Waals surface area (Å²) in [4.78, 5) is 15.0. The summed E-state index contributed by atoms with van der Waals surface area (Å²) in [6.45, 7) is 8.91.